The van der Waals surface area contributed by atoms with Gasteiger partial charge in [-0.2, -0.15) is 0 Å². The predicted octanol–water partition coefficient (Wildman–Crippen LogP) is 6.05. The van der Waals surface area contributed by atoms with Crippen molar-refractivity contribution in [2.45, 2.75) is 32.7 Å². The number of Topliss-reactive ketones (excluding diaryl/α,β-unsaturated/α-hetero) is 1. The molecule has 0 saturated heterocycles. The fourth-order valence-corrected chi connectivity index (χ4v) is 2.20. The molecule has 0 radical (unpaired) electrons. The van der Waals surface area contributed by atoms with E-state index >= 15 is 0 Å². The number of ketones is 1. The van der Waals surface area contributed by atoms with Gasteiger partial charge in [0.25, 0.3) is 0 Å². The van der Waals surface area contributed by atoms with Gasteiger partial charge in [0.05, 0.1) is 5.71 Å². The molecule has 122 valence electrons. The predicted molar refractivity (Wildman–Crippen MR) is 116 cm³/mol. The lowest BCUT2D eigenvalue weighted by molar-refractivity contribution is -0.117. The molecule has 2 aromatic rings. The molecule has 0 aromatic heterocycles. The zero-order chi connectivity index (χ0) is 17.1. The lowest BCUT2D eigenvalue weighted by Gasteiger charge is -2.11. The number of nitrogens with zero attached hydrogens (tertiary/aromatic N) is 1. The van der Waals surface area contributed by atoms with E-state index in [-0.39, 0.29) is 11.8 Å². The van der Waals surface area contributed by atoms with Crippen LogP contribution in [0.3, 0.4) is 0 Å². The Morgan fingerprint density at radius 3 is 1.78 bits per heavy atom. The largest absolute Gasteiger partial charge is 0.300 e. The summed E-state index contributed by atoms with van der Waals surface area (Å²) in [5.41, 5.74) is 3.21. The molecule has 0 amide bonds. The topological polar surface area (TPSA) is 29.4 Å². The third-order valence-electron chi connectivity index (χ3n) is 3.36. The zero-order valence-electron chi connectivity index (χ0n) is 13.4. The Bertz CT molecular complexity index is 570. The summed E-state index contributed by atoms with van der Waals surface area (Å²) in [5.74, 6) is 0.220. The van der Waals surface area contributed by atoms with Gasteiger partial charge in [-0.1, -0.05) is 60.7 Å². The Morgan fingerprint density at radius 1 is 0.957 bits per heavy atom. The number of hydrogen-bond acceptors (Lipinski definition) is 2. The number of rotatable bonds is 6. The quantitative estimate of drug-likeness (QED) is 0.329. The van der Waals surface area contributed by atoms with Crippen LogP contribution in [0.4, 0.5) is 0 Å². The summed E-state index contributed by atoms with van der Waals surface area (Å²) in [6, 6.07) is 20.5. The van der Waals surface area contributed by atoms with E-state index in [2.05, 4.69) is 68.4 Å². The summed E-state index contributed by atoms with van der Waals surface area (Å²) in [6.07, 6.45) is 1.38. The molecule has 0 heterocycles. The number of hydrogen-bond donors (Lipinski definition) is 0. The van der Waals surface area contributed by atoms with Crippen LogP contribution >= 0.6 is 37.2 Å². The average molecular weight is 533 g/mol. The minimum Gasteiger partial charge on any atom is -0.300 e. The lowest BCUT2D eigenvalue weighted by atomic mass is 10.0. The Hall–Kier alpha value is -0.760. The second-order valence-corrected chi connectivity index (χ2v) is 5.30. The third kappa shape index (κ3) is 7.56. The van der Waals surface area contributed by atoms with Crippen molar-refractivity contribution in [2.24, 2.45) is 4.99 Å². The minimum atomic E-state index is 0.129. The summed E-state index contributed by atoms with van der Waals surface area (Å²) >= 11 is 4.24. The molecule has 0 N–H and O–H groups in total. The number of carbonyl (C=O) groups excluding carboxylic acids is 1. The number of carbonyl (C=O) groups is 1. The number of aliphatic imine (C=N–C) groups is 1. The molecule has 0 saturated carbocycles. The Morgan fingerprint density at radius 2 is 1.39 bits per heavy atom. The van der Waals surface area contributed by atoms with Crippen molar-refractivity contribution in [3.63, 3.8) is 0 Å². The van der Waals surface area contributed by atoms with Gasteiger partial charge in [0, 0.05) is 60.8 Å². The van der Waals surface area contributed by atoms with Gasteiger partial charge in [-0.25, -0.2) is 0 Å². The highest BCUT2D eigenvalue weighted by atomic mass is 128. The highest BCUT2D eigenvalue weighted by Crippen LogP contribution is 2.14. The van der Waals surface area contributed by atoms with E-state index in [1.807, 2.05) is 36.4 Å². The summed E-state index contributed by atoms with van der Waals surface area (Å²) in [7, 11) is 0. The van der Waals surface area contributed by atoms with Crippen LogP contribution in [0, 0.1) is 0 Å². The average Bonchev–Trinajstić information content (AvgIpc) is 2.61. The molecule has 0 aliphatic heterocycles. The summed E-state index contributed by atoms with van der Waals surface area (Å²) in [5, 5.41) is 0. The maximum Gasteiger partial charge on any atom is 0.129 e. The second kappa shape index (κ2) is 11.7. The van der Waals surface area contributed by atoms with Gasteiger partial charge in [0.1, 0.15) is 5.78 Å². The van der Waals surface area contributed by atoms with Crippen LogP contribution in [-0.2, 0) is 4.79 Å². The molecule has 2 rings (SSSR count). The van der Waals surface area contributed by atoms with Gasteiger partial charge in [-0.05, 0) is 20.3 Å². The summed E-state index contributed by atoms with van der Waals surface area (Å²) in [6.45, 7) is 3.69. The molecule has 4 heteroatoms. The first-order valence-corrected chi connectivity index (χ1v) is 13.8. The first-order chi connectivity index (χ1) is 11.2. The van der Waals surface area contributed by atoms with E-state index in [4.69, 9.17) is 4.99 Å². The molecule has 0 bridgehead atoms. The van der Waals surface area contributed by atoms with Gasteiger partial charge < -0.3 is 4.79 Å². The lowest BCUT2D eigenvalue weighted by Crippen LogP contribution is -2.10. The fourth-order valence-electron chi connectivity index (χ4n) is 2.20. The van der Waals surface area contributed by atoms with Gasteiger partial charge in [0.2, 0.25) is 0 Å². The Balaban J connectivity index is 0.00000127. The second-order valence-electron chi connectivity index (χ2n) is 5.30. The third-order valence-corrected chi connectivity index (χ3v) is 3.36. The molecule has 0 aliphatic rings. The van der Waals surface area contributed by atoms with Crippen molar-refractivity contribution in [2.75, 3.05) is 0 Å². The molecule has 1 unspecified atom stereocenters. The molecule has 2 nitrogen and oxygen atoms in total. The van der Waals surface area contributed by atoms with E-state index in [0.29, 0.717) is 6.42 Å². The number of halogens is 2. The Labute approximate surface area is 162 Å². The van der Waals surface area contributed by atoms with Crippen molar-refractivity contribution < 1.29 is 4.79 Å². The minimum absolute atomic E-state index is 0.129. The van der Waals surface area contributed by atoms with Crippen LogP contribution in [0.5, 0.6) is 0 Å². The van der Waals surface area contributed by atoms with Gasteiger partial charge in [-0.3, -0.25) is 4.99 Å². The SMILES string of the molecule is CC(=O)CCC(C)N=C(c1ccccc1)c1ccccc1.II. The van der Waals surface area contributed by atoms with E-state index in [9.17, 15) is 4.79 Å². The normalized spacial score (nSPS) is 11.0. The monoisotopic (exact) mass is 533 g/mol. The van der Waals surface area contributed by atoms with Crippen molar-refractivity contribution in [3.8, 4) is 0 Å². The molecule has 0 spiro atoms. The van der Waals surface area contributed by atoms with Crippen molar-refractivity contribution in [1.82, 2.24) is 0 Å². The highest BCUT2D eigenvalue weighted by Gasteiger charge is 2.09. The van der Waals surface area contributed by atoms with Gasteiger partial charge in [-0.15, -0.1) is 0 Å². The molecule has 2 aromatic carbocycles. The van der Waals surface area contributed by atoms with Crippen molar-refractivity contribution >= 4 is 48.7 Å². The van der Waals surface area contributed by atoms with Gasteiger partial charge >= 0.3 is 0 Å². The van der Waals surface area contributed by atoms with Crippen LogP contribution < -0.4 is 0 Å². The fraction of sp³-hybridized carbons (Fsp3) is 0.263. The number of benzene rings is 2. The highest BCUT2D eigenvalue weighted by molar-refractivity contribution is 15.0. The zero-order valence-corrected chi connectivity index (χ0v) is 17.7. The molecule has 1 atom stereocenters. The maximum atomic E-state index is 11.1. The molecule has 23 heavy (non-hydrogen) atoms. The smallest absolute Gasteiger partial charge is 0.129 e. The van der Waals surface area contributed by atoms with Crippen LogP contribution in [-0.4, -0.2) is 17.5 Å². The van der Waals surface area contributed by atoms with Crippen LogP contribution in [0.2, 0.25) is 0 Å². The van der Waals surface area contributed by atoms with E-state index in [1.165, 1.54) is 0 Å². The van der Waals surface area contributed by atoms with Crippen LogP contribution in [0.15, 0.2) is 65.7 Å². The molecular formula is C19H21I2NO. The molecular weight excluding hydrogens is 512 g/mol. The van der Waals surface area contributed by atoms with Crippen LogP contribution in [0.1, 0.15) is 37.8 Å². The van der Waals surface area contributed by atoms with E-state index in [0.717, 1.165) is 23.3 Å². The van der Waals surface area contributed by atoms with Crippen molar-refractivity contribution in [1.29, 1.82) is 0 Å². The maximum absolute atomic E-state index is 11.1. The van der Waals surface area contributed by atoms with Crippen molar-refractivity contribution in [3.05, 3.63) is 71.8 Å². The Kier molecular flexibility index (Phi) is 10.3. The van der Waals surface area contributed by atoms with Crippen LogP contribution in [0.25, 0.3) is 0 Å². The van der Waals surface area contributed by atoms with Gasteiger partial charge in [0.15, 0.2) is 0 Å². The first kappa shape index (κ1) is 20.3. The molecule has 0 aliphatic carbocycles. The first-order valence-electron chi connectivity index (χ1n) is 7.49. The molecule has 0 fully saturated rings. The van der Waals surface area contributed by atoms with E-state index in [1.54, 1.807) is 6.92 Å². The summed E-state index contributed by atoms with van der Waals surface area (Å²) in [4.78, 5) is 16.0. The summed E-state index contributed by atoms with van der Waals surface area (Å²) < 4.78 is 0. The van der Waals surface area contributed by atoms with E-state index < -0.39 is 0 Å². The standard InChI is InChI=1S/C19H21NO.I2/c1-15(13-14-16(2)21)20-19(17-9-5-3-6-10-17)18-11-7-4-8-12-18;1-2/h3-12,15H,13-14H2,1-2H3;.